The van der Waals surface area contributed by atoms with Crippen LogP contribution in [0.5, 0.6) is 0 Å². The van der Waals surface area contributed by atoms with Gasteiger partial charge in [0.25, 0.3) is 0 Å². The molecule has 0 aromatic heterocycles. The topological polar surface area (TPSA) is 74.2 Å². The zero-order valence-corrected chi connectivity index (χ0v) is 21.1. The molecule has 0 unspecified atom stereocenters. The molecule has 0 bridgehead atoms. The van der Waals surface area contributed by atoms with E-state index in [4.69, 9.17) is 9.73 Å². The number of ether oxygens (including phenoxy) is 1. The fourth-order valence-corrected chi connectivity index (χ4v) is 4.27. The molecule has 166 valence electrons. The van der Waals surface area contributed by atoms with Crippen LogP contribution in [-0.2, 0) is 21.3 Å². The van der Waals surface area contributed by atoms with Crippen LogP contribution in [0.2, 0.25) is 0 Å². The van der Waals surface area contributed by atoms with Crippen molar-refractivity contribution in [3.8, 4) is 0 Å². The molecule has 1 saturated heterocycles. The van der Waals surface area contributed by atoms with Crippen LogP contribution in [0.1, 0.15) is 31.9 Å². The number of piperazine rings is 1. The van der Waals surface area contributed by atoms with Gasteiger partial charge in [0.15, 0.2) is 5.96 Å². The van der Waals surface area contributed by atoms with Gasteiger partial charge >= 0.3 is 0 Å². The van der Waals surface area contributed by atoms with Crippen LogP contribution in [0.25, 0.3) is 0 Å². The molecule has 1 N–H and O–H groups in total. The summed E-state index contributed by atoms with van der Waals surface area (Å²) in [5.41, 5.74) is 2.39. The number of rotatable bonds is 8. The predicted molar refractivity (Wildman–Crippen MR) is 129 cm³/mol. The molecule has 29 heavy (non-hydrogen) atoms. The molecule has 0 saturated carbocycles. The Hall–Kier alpha value is -0.910. The summed E-state index contributed by atoms with van der Waals surface area (Å²) in [5, 5.41) is 3.32. The molecule has 2 rings (SSSR count). The highest BCUT2D eigenvalue weighted by atomic mass is 127. The van der Waals surface area contributed by atoms with Gasteiger partial charge in [0, 0.05) is 32.7 Å². The molecule has 1 aromatic carbocycles. The number of sulfonamides is 1. The Morgan fingerprint density at radius 3 is 2.34 bits per heavy atom. The molecule has 1 heterocycles. The second-order valence-corrected chi connectivity index (χ2v) is 9.37. The first-order chi connectivity index (χ1) is 13.3. The summed E-state index contributed by atoms with van der Waals surface area (Å²) in [5.74, 6) is 0.871. The molecule has 1 fully saturated rings. The van der Waals surface area contributed by atoms with Crippen molar-refractivity contribution in [3.05, 3.63) is 35.4 Å². The fraction of sp³-hybridized carbons (Fsp3) is 0.650. The molecule has 1 aliphatic rings. The van der Waals surface area contributed by atoms with Gasteiger partial charge in [-0.1, -0.05) is 29.8 Å². The standard InChI is InChI=1S/C20H34N4O3S.HI/c1-5-21-20(22-16-19-8-6-18(4)7-9-19)23-10-12-24(13-11-23)28(25,26)15-14-27-17(2)3;/h6-9,17H,5,10-16H2,1-4H3,(H,21,22);1H. The summed E-state index contributed by atoms with van der Waals surface area (Å²) in [6.07, 6.45) is 0.0412. The van der Waals surface area contributed by atoms with Gasteiger partial charge in [-0.3, -0.25) is 0 Å². The average Bonchev–Trinajstić information content (AvgIpc) is 2.66. The molecule has 0 spiro atoms. The lowest BCUT2D eigenvalue weighted by Gasteiger charge is -2.36. The van der Waals surface area contributed by atoms with Crippen LogP contribution >= 0.6 is 24.0 Å². The maximum Gasteiger partial charge on any atom is 0.216 e. The largest absolute Gasteiger partial charge is 0.378 e. The van der Waals surface area contributed by atoms with E-state index in [9.17, 15) is 8.42 Å². The van der Waals surface area contributed by atoms with E-state index < -0.39 is 10.0 Å². The van der Waals surface area contributed by atoms with Gasteiger partial charge < -0.3 is 15.0 Å². The predicted octanol–water partition coefficient (Wildman–Crippen LogP) is 2.45. The van der Waals surface area contributed by atoms with Gasteiger partial charge in [-0.2, -0.15) is 4.31 Å². The van der Waals surface area contributed by atoms with Crippen LogP contribution in [0.15, 0.2) is 29.3 Å². The SMILES string of the molecule is CCNC(=NCc1ccc(C)cc1)N1CCN(S(=O)(=O)CCOC(C)C)CC1.I. The monoisotopic (exact) mass is 538 g/mol. The smallest absolute Gasteiger partial charge is 0.216 e. The Kier molecular flexibility index (Phi) is 11.4. The molecular formula is C20H35IN4O3S. The van der Waals surface area contributed by atoms with E-state index in [1.54, 1.807) is 4.31 Å². The lowest BCUT2D eigenvalue weighted by atomic mass is 10.1. The average molecular weight is 538 g/mol. The highest BCUT2D eigenvalue weighted by Crippen LogP contribution is 2.10. The number of aliphatic imine (C=N–C) groups is 1. The first-order valence-corrected chi connectivity index (χ1v) is 11.6. The van der Waals surface area contributed by atoms with Crippen LogP contribution in [0, 0.1) is 6.92 Å². The molecule has 0 radical (unpaired) electrons. The minimum Gasteiger partial charge on any atom is -0.378 e. The van der Waals surface area contributed by atoms with Crippen LogP contribution < -0.4 is 5.32 Å². The second kappa shape index (κ2) is 12.7. The molecule has 0 amide bonds. The Morgan fingerprint density at radius 2 is 1.79 bits per heavy atom. The van der Waals surface area contributed by atoms with Crippen molar-refractivity contribution in [2.24, 2.45) is 4.99 Å². The van der Waals surface area contributed by atoms with Crippen LogP contribution in [0.4, 0.5) is 0 Å². The summed E-state index contributed by atoms with van der Waals surface area (Å²) >= 11 is 0. The molecular weight excluding hydrogens is 503 g/mol. The first-order valence-electron chi connectivity index (χ1n) is 10.00. The maximum atomic E-state index is 12.5. The van der Waals surface area contributed by atoms with E-state index in [2.05, 4.69) is 41.4 Å². The number of nitrogens with one attached hydrogen (secondary N) is 1. The minimum atomic E-state index is -3.28. The number of halogens is 1. The Labute approximate surface area is 193 Å². The molecule has 9 heteroatoms. The summed E-state index contributed by atoms with van der Waals surface area (Å²) in [6, 6.07) is 8.35. The molecule has 7 nitrogen and oxygen atoms in total. The highest BCUT2D eigenvalue weighted by Gasteiger charge is 2.28. The normalized spacial score (nSPS) is 16.0. The maximum absolute atomic E-state index is 12.5. The molecule has 1 aliphatic heterocycles. The van der Waals surface area contributed by atoms with Crippen molar-refractivity contribution >= 4 is 40.0 Å². The molecule has 0 atom stereocenters. The van der Waals surface area contributed by atoms with Crippen molar-refractivity contribution in [1.29, 1.82) is 0 Å². The summed E-state index contributed by atoms with van der Waals surface area (Å²) in [6.45, 7) is 11.7. The number of hydrogen-bond donors (Lipinski definition) is 1. The van der Waals surface area contributed by atoms with Crippen molar-refractivity contribution < 1.29 is 13.2 Å². The quantitative estimate of drug-likeness (QED) is 0.313. The Morgan fingerprint density at radius 1 is 1.17 bits per heavy atom. The van der Waals surface area contributed by atoms with Crippen molar-refractivity contribution in [2.75, 3.05) is 45.1 Å². The van der Waals surface area contributed by atoms with E-state index in [1.165, 1.54) is 5.56 Å². The minimum absolute atomic E-state index is 0. The summed E-state index contributed by atoms with van der Waals surface area (Å²) < 4.78 is 31.9. The molecule has 0 aliphatic carbocycles. The second-order valence-electron chi connectivity index (χ2n) is 7.28. The van der Waals surface area contributed by atoms with Gasteiger partial charge in [-0.05, 0) is 33.3 Å². The van der Waals surface area contributed by atoms with Gasteiger partial charge in [0.2, 0.25) is 10.0 Å². The van der Waals surface area contributed by atoms with Gasteiger partial charge in [-0.25, -0.2) is 13.4 Å². The third-order valence-corrected chi connectivity index (χ3v) is 6.43. The van der Waals surface area contributed by atoms with Crippen molar-refractivity contribution in [2.45, 2.75) is 40.3 Å². The highest BCUT2D eigenvalue weighted by molar-refractivity contribution is 14.0. The van der Waals surface area contributed by atoms with Crippen LogP contribution in [0.3, 0.4) is 0 Å². The van der Waals surface area contributed by atoms with Crippen molar-refractivity contribution in [1.82, 2.24) is 14.5 Å². The van der Waals surface area contributed by atoms with Gasteiger partial charge in [-0.15, -0.1) is 24.0 Å². The third kappa shape index (κ3) is 8.77. The van der Waals surface area contributed by atoms with Crippen molar-refractivity contribution in [3.63, 3.8) is 0 Å². The Bertz CT molecular complexity index is 731. The van der Waals surface area contributed by atoms with E-state index in [0.717, 1.165) is 18.1 Å². The summed E-state index contributed by atoms with van der Waals surface area (Å²) in [7, 11) is -3.28. The van der Waals surface area contributed by atoms with Gasteiger partial charge in [0.05, 0.1) is 25.0 Å². The zero-order chi connectivity index (χ0) is 20.6. The number of nitrogens with zero attached hydrogens (tertiary/aromatic N) is 3. The number of benzene rings is 1. The summed E-state index contributed by atoms with van der Waals surface area (Å²) in [4.78, 5) is 6.87. The molecule has 1 aromatic rings. The van der Waals surface area contributed by atoms with Crippen LogP contribution in [-0.4, -0.2) is 74.8 Å². The zero-order valence-electron chi connectivity index (χ0n) is 17.9. The van der Waals surface area contributed by atoms with Gasteiger partial charge in [0.1, 0.15) is 0 Å². The van der Waals surface area contributed by atoms with E-state index in [1.807, 2.05) is 20.8 Å². The number of aryl methyl sites for hydroxylation is 1. The number of hydrogen-bond acceptors (Lipinski definition) is 4. The lowest BCUT2D eigenvalue weighted by Crippen LogP contribution is -2.54. The van der Waals surface area contributed by atoms with E-state index in [-0.39, 0.29) is 42.4 Å². The fourth-order valence-electron chi connectivity index (χ4n) is 2.98. The number of guanidine groups is 1. The van der Waals surface area contributed by atoms with E-state index in [0.29, 0.717) is 32.7 Å². The lowest BCUT2D eigenvalue weighted by molar-refractivity contribution is 0.0904. The Balaban J connectivity index is 0.00000420. The van der Waals surface area contributed by atoms with E-state index >= 15 is 0 Å². The third-order valence-electron chi connectivity index (χ3n) is 4.59. The first kappa shape index (κ1) is 26.1.